The predicted octanol–water partition coefficient (Wildman–Crippen LogP) is 4.02. The average molecular weight is 398 g/mol. The quantitative estimate of drug-likeness (QED) is 0.598. The van der Waals surface area contributed by atoms with E-state index in [2.05, 4.69) is 6.58 Å². The summed E-state index contributed by atoms with van der Waals surface area (Å²) in [6, 6.07) is 3.24. The van der Waals surface area contributed by atoms with Crippen molar-refractivity contribution in [2.24, 2.45) is 0 Å². The van der Waals surface area contributed by atoms with E-state index in [-0.39, 0.29) is 29.3 Å². The molecule has 2 atom stereocenters. The van der Waals surface area contributed by atoms with Crippen LogP contribution in [0.2, 0.25) is 0 Å². The summed E-state index contributed by atoms with van der Waals surface area (Å²) in [4.78, 5) is 0. The summed E-state index contributed by atoms with van der Waals surface area (Å²) < 4.78 is 23.5. The van der Waals surface area contributed by atoms with E-state index in [1.54, 1.807) is 13.2 Å². The van der Waals surface area contributed by atoms with Gasteiger partial charge in [-0.15, -0.1) is 0 Å². The van der Waals surface area contributed by atoms with Gasteiger partial charge in [0.15, 0.2) is 11.5 Å². The molecular formula is C23H26O6. The Balaban J connectivity index is 1.78. The van der Waals surface area contributed by atoms with E-state index in [1.807, 2.05) is 13.8 Å². The minimum absolute atomic E-state index is 0.0598. The Hall–Kier alpha value is -3.02. The van der Waals surface area contributed by atoms with Crippen LogP contribution in [-0.4, -0.2) is 37.1 Å². The zero-order valence-electron chi connectivity index (χ0n) is 17.2. The number of ether oxygens (including phenoxy) is 4. The van der Waals surface area contributed by atoms with E-state index in [1.165, 1.54) is 13.2 Å². The molecule has 1 unspecified atom stereocenters. The Morgan fingerprint density at radius 2 is 1.79 bits per heavy atom. The molecule has 6 nitrogen and oxygen atoms in total. The molecule has 0 aromatic heterocycles. The number of hydrogen-bond acceptors (Lipinski definition) is 6. The van der Waals surface area contributed by atoms with Gasteiger partial charge >= 0.3 is 0 Å². The van der Waals surface area contributed by atoms with Crippen LogP contribution in [0.15, 0.2) is 24.3 Å². The van der Waals surface area contributed by atoms with E-state index in [0.717, 1.165) is 51.5 Å². The lowest BCUT2D eigenvalue weighted by Gasteiger charge is -2.30. The lowest BCUT2D eigenvalue weighted by Crippen LogP contribution is -2.21. The maximum absolute atomic E-state index is 10.2. The minimum Gasteiger partial charge on any atom is -0.504 e. The number of fused-ring (bicyclic) bond motifs is 3. The highest BCUT2D eigenvalue weighted by molar-refractivity contribution is 5.66. The molecule has 2 aromatic rings. The van der Waals surface area contributed by atoms with Crippen LogP contribution in [0.4, 0.5) is 0 Å². The maximum atomic E-state index is 10.2. The molecule has 2 N–H and O–H groups in total. The van der Waals surface area contributed by atoms with Gasteiger partial charge in [-0.05, 0) is 31.9 Å². The fourth-order valence-electron chi connectivity index (χ4n) is 4.37. The lowest BCUT2D eigenvalue weighted by atomic mass is 9.86. The largest absolute Gasteiger partial charge is 0.504 e. The van der Waals surface area contributed by atoms with Gasteiger partial charge in [0.1, 0.15) is 23.4 Å². The Morgan fingerprint density at radius 1 is 1.07 bits per heavy atom. The molecule has 2 aromatic carbocycles. The SMILES string of the molecule is C=C(C)C1Cc2c(c(C)c(OC)c3c2OC[C@H](c2ccc(O)c(O)c2OC)C3)O1. The molecule has 0 fully saturated rings. The number of rotatable bonds is 4. The Labute approximate surface area is 170 Å². The molecule has 2 aliphatic heterocycles. The van der Waals surface area contributed by atoms with Crippen LogP contribution in [0.5, 0.6) is 34.5 Å². The van der Waals surface area contributed by atoms with Gasteiger partial charge in [0.05, 0.1) is 20.8 Å². The van der Waals surface area contributed by atoms with E-state index >= 15 is 0 Å². The summed E-state index contributed by atoms with van der Waals surface area (Å²) in [6.07, 6.45) is 1.33. The third kappa shape index (κ3) is 2.94. The smallest absolute Gasteiger partial charge is 0.200 e. The fourth-order valence-corrected chi connectivity index (χ4v) is 4.37. The van der Waals surface area contributed by atoms with Gasteiger partial charge in [-0.25, -0.2) is 0 Å². The minimum atomic E-state index is -0.259. The highest BCUT2D eigenvalue weighted by atomic mass is 16.5. The first kappa shape index (κ1) is 19.3. The van der Waals surface area contributed by atoms with E-state index < -0.39 is 0 Å². The number of methoxy groups -OCH3 is 2. The predicted molar refractivity (Wildman–Crippen MR) is 109 cm³/mol. The third-order valence-electron chi connectivity index (χ3n) is 5.84. The number of benzene rings is 2. The molecule has 6 heteroatoms. The summed E-state index contributed by atoms with van der Waals surface area (Å²) in [5.41, 5.74) is 4.76. The van der Waals surface area contributed by atoms with Crippen LogP contribution < -0.4 is 18.9 Å². The number of phenolic OH excluding ortho intramolecular Hbond substituents is 2. The summed E-state index contributed by atoms with van der Waals surface area (Å²) in [5.74, 6) is 2.14. The van der Waals surface area contributed by atoms with Crippen molar-refractivity contribution >= 4 is 0 Å². The van der Waals surface area contributed by atoms with Crippen molar-refractivity contribution in [1.82, 2.24) is 0 Å². The standard InChI is InChI=1S/C23H26O6/c1-11(2)18-9-16-21(29-18)12(3)20(26-4)15-8-13(10-28-22(15)16)14-6-7-17(24)19(25)23(14)27-5/h6-7,13,18,24-25H,1,8-10H2,2-5H3/t13-,18?/m1/s1. The molecule has 2 heterocycles. The molecule has 0 spiro atoms. The van der Waals surface area contributed by atoms with Gasteiger partial charge in [0.2, 0.25) is 5.75 Å². The van der Waals surface area contributed by atoms with E-state index in [4.69, 9.17) is 18.9 Å². The normalized spacial score (nSPS) is 19.6. The van der Waals surface area contributed by atoms with Crippen LogP contribution in [0.25, 0.3) is 0 Å². The highest BCUT2D eigenvalue weighted by Gasteiger charge is 2.37. The molecule has 0 bridgehead atoms. The van der Waals surface area contributed by atoms with Gasteiger partial charge in [-0.2, -0.15) is 0 Å². The van der Waals surface area contributed by atoms with Crippen LogP contribution >= 0.6 is 0 Å². The summed E-state index contributed by atoms with van der Waals surface area (Å²) >= 11 is 0. The van der Waals surface area contributed by atoms with Gasteiger partial charge in [-0.3, -0.25) is 0 Å². The lowest BCUT2D eigenvalue weighted by molar-refractivity contribution is 0.250. The second kappa shape index (κ2) is 7.10. The number of hydrogen-bond donors (Lipinski definition) is 2. The molecule has 29 heavy (non-hydrogen) atoms. The summed E-state index contributed by atoms with van der Waals surface area (Å²) in [7, 11) is 3.12. The van der Waals surface area contributed by atoms with E-state index in [0.29, 0.717) is 13.0 Å². The topological polar surface area (TPSA) is 77.4 Å². The Bertz CT molecular complexity index is 994. The van der Waals surface area contributed by atoms with E-state index in [9.17, 15) is 10.2 Å². The zero-order valence-corrected chi connectivity index (χ0v) is 17.2. The van der Waals surface area contributed by atoms with Crippen LogP contribution in [0, 0.1) is 6.92 Å². The highest BCUT2D eigenvalue weighted by Crippen LogP contribution is 2.52. The molecule has 0 saturated heterocycles. The first-order valence-corrected chi connectivity index (χ1v) is 9.63. The van der Waals surface area contributed by atoms with Gasteiger partial charge in [0, 0.05) is 34.6 Å². The van der Waals surface area contributed by atoms with Crippen LogP contribution in [0.1, 0.15) is 35.1 Å². The molecular weight excluding hydrogens is 372 g/mol. The number of phenols is 2. The Morgan fingerprint density at radius 3 is 2.45 bits per heavy atom. The maximum Gasteiger partial charge on any atom is 0.200 e. The van der Waals surface area contributed by atoms with Gasteiger partial charge < -0.3 is 29.2 Å². The summed E-state index contributed by atoms with van der Waals surface area (Å²) in [5, 5.41) is 20.0. The Kier molecular flexibility index (Phi) is 4.73. The number of aromatic hydroxyl groups is 2. The molecule has 0 aliphatic carbocycles. The fraction of sp³-hybridized carbons (Fsp3) is 0.391. The van der Waals surface area contributed by atoms with Gasteiger partial charge in [0.25, 0.3) is 0 Å². The van der Waals surface area contributed by atoms with Crippen molar-refractivity contribution in [3.8, 4) is 34.5 Å². The van der Waals surface area contributed by atoms with Crippen LogP contribution in [0.3, 0.4) is 0 Å². The second-order valence-corrected chi connectivity index (χ2v) is 7.70. The molecule has 154 valence electrons. The first-order valence-electron chi connectivity index (χ1n) is 9.63. The van der Waals surface area contributed by atoms with Crippen molar-refractivity contribution in [3.63, 3.8) is 0 Å². The first-order chi connectivity index (χ1) is 13.9. The molecule has 0 amide bonds. The monoisotopic (exact) mass is 398 g/mol. The van der Waals surface area contributed by atoms with Crippen molar-refractivity contribution in [1.29, 1.82) is 0 Å². The van der Waals surface area contributed by atoms with Crippen molar-refractivity contribution < 1.29 is 29.2 Å². The van der Waals surface area contributed by atoms with Crippen molar-refractivity contribution in [3.05, 3.63) is 46.5 Å². The van der Waals surface area contributed by atoms with Crippen molar-refractivity contribution in [2.75, 3.05) is 20.8 Å². The van der Waals surface area contributed by atoms with Gasteiger partial charge in [-0.1, -0.05) is 12.6 Å². The molecule has 2 aliphatic rings. The molecule has 0 radical (unpaired) electrons. The summed E-state index contributed by atoms with van der Waals surface area (Å²) in [6.45, 7) is 8.42. The zero-order chi connectivity index (χ0) is 20.9. The van der Waals surface area contributed by atoms with Crippen molar-refractivity contribution in [2.45, 2.75) is 38.7 Å². The molecule has 0 saturated carbocycles. The van der Waals surface area contributed by atoms with Crippen LogP contribution in [-0.2, 0) is 12.8 Å². The average Bonchev–Trinajstić information content (AvgIpc) is 3.16. The molecule has 4 rings (SSSR count). The second-order valence-electron chi connectivity index (χ2n) is 7.70. The third-order valence-corrected chi connectivity index (χ3v) is 5.84.